The summed E-state index contributed by atoms with van der Waals surface area (Å²) in [4.78, 5) is 19.7. The number of ketones is 1. The Labute approximate surface area is 65.2 Å². The fourth-order valence-electron chi connectivity index (χ4n) is 1.49. The molecule has 1 heterocycles. The molecule has 3 nitrogen and oxygen atoms in total. The molecule has 2 aliphatic rings. The van der Waals surface area contributed by atoms with Crippen molar-refractivity contribution in [3.05, 3.63) is 0 Å². The van der Waals surface area contributed by atoms with E-state index in [2.05, 4.69) is 9.98 Å². The molecule has 0 unspecified atom stereocenters. The van der Waals surface area contributed by atoms with E-state index >= 15 is 0 Å². The summed E-state index contributed by atoms with van der Waals surface area (Å²) in [5.41, 5.74) is 1.62. The van der Waals surface area contributed by atoms with Crippen LogP contribution in [0.3, 0.4) is 0 Å². The lowest BCUT2D eigenvalue weighted by Gasteiger charge is -2.17. The minimum Gasteiger partial charge on any atom is -0.292 e. The molecule has 0 aromatic carbocycles. The molecule has 1 fully saturated rings. The second kappa shape index (κ2) is 2.57. The van der Waals surface area contributed by atoms with Gasteiger partial charge in [-0.05, 0) is 12.8 Å². The second-order valence-electron chi connectivity index (χ2n) is 2.84. The summed E-state index contributed by atoms with van der Waals surface area (Å²) in [5, 5.41) is 0. The highest BCUT2D eigenvalue weighted by Gasteiger charge is 2.23. The van der Waals surface area contributed by atoms with Crippen molar-refractivity contribution >= 4 is 17.2 Å². The zero-order chi connectivity index (χ0) is 7.68. The lowest BCUT2D eigenvalue weighted by molar-refractivity contribution is -0.113. The van der Waals surface area contributed by atoms with E-state index in [9.17, 15) is 4.79 Å². The molecule has 1 aliphatic heterocycles. The van der Waals surface area contributed by atoms with E-state index in [-0.39, 0.29) is 5.78 Å². The predicted molar refractivity (Wildman–Crippen MR) is 43.5 cm³/mol. The highest BCUT2D eigenvalue weighted by molar-refractivity contribution is 6.68. The highest BCUT2D eigenvalue weighted by Crippen LogP contribution is 2.12. The van der Waals surface area contributed by atoms with Crippen molar-refractivity contribution < 1.29 is 4.79 Å². The minimum absolute atomic E-state index is 0.190. The maximum atomic E-state index is 11.2. The van der Waals surface area contributed by atoms with Gasteiger partial charge in [0.15, 0.2) is 5.78 Å². The molecule has 0 aromatic rings. The first-order valence-corrected chi connectivity index (χ1v) is 3.99. The van der Waals surface area contributed by atoms with Crippen molar-refractivity contribution in [3.8, 4) is 0 Å². The zero-order valence-electron chi connectivity index (χ0n) is 6.34. The molecule has 3 heteroatoms. The van der Waals surface area contributed by atoms with Crippen LogP contribution in [0.2, 0.25) is 0 Å². The number of carbonyl (C=O) groups excluding carboxylic acids is 1. The number of aliphatic imine (C=N–C) groups is 2. The van der Waals surface area contributed by atoms with Gasteiger partial charge >= 0.3 is 0 Å². The van der Waals surface area contributed by atoms with Gasteiger partial charge in [0.25, 0.3) is 0 Å². The molecule has 1 saturated carbocycles. The average molecular weight is 150 g/mol. The molecule has 1 aliphatic carbocycles. The van der Waals surface area contributed by atoms with E-state index in [0.717, 1.165) is 25.1 Å². The molecule has 0 amide bonds. The normalized spacial score (nSPS) is 23.8. The third-order valence-corrected chi connectivity index (χ3v) is 2.03. The summed E-state index contributed by atoms with van der Waals surface area (Å²) >= 11 is 0. The van der Waals surface area contributed by atoms with Crippen LogP contribution in [0.4, 0.5) is 0 Å². The van der Waals surface area contributed by atoms with Crippen LogP contribution in [0.15, 0.2) is 9.98 Å². The van der Waals surface area contributed by atoms with Crippen molar-refractivity contribution in [3.63, 3.8) is 0 Å². The van der Waals surface area contributed by atoms with E-state index in [1.165, 1.54) is 0 Å². The first-order chi connectivity index (χ1) is 5.38. The van der Waals surface area contributed by atoms with Crippen LogP contribution >= 0.6 is 0 Å². The fraction of sp³-hybridized carbons (Fsp3) is 0.625. The zero-order valence-corrected chi connectivity index (χ0v) is 6.34. The van der Waals surface area contributed by atoms with Gasteiger partial charge in [0, 0.05) is 6.42 Å². The number of fused-ring (bicyclic) bond motifs is 1. The Bertz CT molecular complexity index is 253. The molecule has 0 radical (unpaired) electrons. The van der Waals surface area contributed by atoms with Gasteiger partial charge in [0.1, 0.15) is 5.71 Å². The Morgan fingerprint density at radius 3 is 2.73 bits per heavy atom. The van der Waals surface area contributed by atoms with E-state index in [1.807, 2.05) is 0 Å². The van der Waals surface area contributed by atoms with Gasteiger partial charge < -0.3 is 0 Å². The molecular formula is C8H10N2O. The molecule has 0 saturated heterocycles. The number of Topliss-reactive ketones (excluding diaryl/α,β-unsaturated/α-hetero) is 1. The first kappa shape index (κ1) is 6.70. The van der Waals surface area contributed by atoms with Crippen LogP contribution in [-0.4, -0.2) is 30.3 Å². The van der Waals surface area contributed by atoms with Crippen LogP contribution in [0.5, 0.6) is 0 Å². The Morgan fingerprint density at radius 2 is 1.91 bits per heavy atom. The molecule has 0 bridgehead atoms. The maximum Gasteiger partial charge on any atom is 0.182 e. The Hall–Kier alpha value is -0.990. The SMILES string of the molecule is O=C1CCCC2=NCCN=C12. The molecule has 0 N–H and O–H groups in total. The van der Waals surface area contributed by atoms with Crippen LogP contribution in [-0.2, 0) is 4.79 Å². The van der Waals surface area contributed by atoms with Crippen molar-refractivity contribution in [1.29, 1.82) is 0 Å². The van der Waals surface area contributed by atoms with E-state index in [0.29, 0.717) is 18.7 Å². The number of carbonyl (C=O) groups is 1. The van der Waals surface area contributed by atoms with Crippen molar-refractivity contribution in [2.75, 3.05) is 13.1 Å². The van der Waals surface area contributed by atoms with Gasteiger partial charge in [-0.3, -0.25) is 14.8 Å². The van der Waals surface area contributed by atoms with Gasteiger partial charge in [-0.15, -0.1) is 0 Å². The van der Waals surface area contributed by atoms with Crippen LogP contribution in [0, 0.1) is 0 Å². The van der Waals surface area contributed by atoms with Crippen molar-refractivity contribution in [1.82, 2.24) is 0 Å². The number of rotatable bonds is 0. The summed E-state index contributed by atoms with van der Waals surface area (Å²) in [6, 6.07) is 0. The van der Waals surface area contributed by atoms with Crippen LogP contribution < -0.4 is 0 Å². The number of hydrogen-bond acceptors (Lipinski definition) is 3. The molecule has 0 spiro atoms. The van der Waals surface area contributed by atoms with Gasteiger partial charge in [0.2, 0.25) is 0 Å². The first-order valence-electron chi connectivity index (χ1n) is 3.99. The monoisotopic (exact) mass is 150 g/mol. The van der Waals surface area contributed by atoms with Gasteiger partial charge in [-0.1, -0.05) is 0 Å². The van der Waals surface area contributed by atoms with E-state index in [1.54, 1.807) is 0 Å². The van der Waals surface area contributed by atoms with Gasteiger partial charge in [-0.25, -0.2) is 0 Å². The predicted octanol–water partition coefficient (Wildman–Crippen LogP) is 0.635. The fourth-order valence-corrected chi connectivity index (χ4v) is 1.49. The molecule has 2 rings (SSSR count). The maximum absolute atomic E-state index is 11.2. The third-order valence-electron chi connectivity index (χ3n) is 2.03. The molecule has 0 aromatic heterocycles. The molecule has 11 heavy (non-hydrogen) atoms. The number of hydrogen-bond donors (Lipinski definition) is 0. The summed E-state index contributed by atoms with van der Waals surface area (Å²) in [6.07, 6.45) is 2.57. The Kier molecular flexibility index (Phi) is 1.56. The lowest BCUT2D eigenvalue weighted by atomic mass is 9.94. The van der Waals surface area contributed by atoms with E-state index in [4.69, 9.17) is 0 Å². The van der Waals surface area contributed by atoms with Crippen molar-refractivity contribution in [2.45, 2.75) is 19.3 Å². The average Bonchev–Trinajstić information content (AvgIpc) is 2.06. The quantitative estimate of drug-likeness (QED) is 0.499. The van der Waals surface area contributed by atoms with Crippen LogP contribution in [0.25, 0.3) is 0 Å². The smallest absolute Gasteiger partial charge is 0.182 e. The van der Waals surface area contributed by atoms with E-state index < -0.39 is 0 Å². The molecule has 58 valence electrons. The topological polar surface area (TPSA) is 41.8 Å². The largest absolute Gasteiger partial charge is 0.292 e. The number of nitrogens with zero attached hydrogens (tertiary/aromatic N) is 2. The minimum atomic E-state index is 0.190. The van der Waals surface area contributed by atoms with Gasteiger partial charge in [0.05, 0.1) is 18.8 Å². The summed E-state index contributed by atoms with van der Waals surface area (Å²) in [5.74, 6) is 0.190. The lowest BCUT2D eigenvalue weighted by Crippen LogP contribution is -2.32. The Balaban J connectivity index is 2.31. The summed E-state index contributed by atoms with van der Waals surface area (Å²) < 4.78 is 0. The second-order valence-corrected chi connectivity index (χ2v) is 2.84. The molecule has 0 atom stereocenters. The standard InChI is InChI=1S/C8H10N2O/c11-7-3-1-2-6-8(7)10-5-4-9-6/h1-5H2. The van der Waals surface area contributed by atoms with Crippen LogP contribution in [0.1, 0.15) is 19.3 Å². The third kappa shape index (κ3) is 1.11. The molecular weight excluding hydrogens is 140 g/mol. The van der Waals surface area contributed by atoms with Gasteiger partial charge in [-0.2, -0.15) is 0 Å². The summed E-state index contributed by atoms with van der Waals surface area (Å²) in [6.45, 7) is 1.47. The summed E-state index contributed by atoms with van der Waals surface area (Å²) in [7, 11) is 0. The highest BCUT2D eigenvalue weighted by atomic mass is 16.1. The van der Waals surface area contributed by atoms with Crippen molar-refractivity contribution in [2.24, 2.45) is 9.98 Å². The Morgan fingerprint density at radius 1 is 1.09 bits per heavy atom.